The van der Waals surface area contributed by atoms with Crippen LogP contribution < -0.4 is 4.74 Å². The fourth-order valence-electron chi connectivity index (χ4n) is 1.55. The molecule has 0 unspecified atom stereocenters. The van der Waals surface area contributed by atoms with Crippen LogP contribution in [-0.2, 0) is 12.4 Å². The molecule has 0 spiro atoms. The van der Waals surface area contributed by atoms with Gasteiger partial charge in [-0.3, -0.25) is 4.98 Å². The molecule has 1 heterocycles. The molecule has 0 bridgehead atoms. The zero-order chi connectivity index (χ0) is 15.7. The molecule has 0 atom stereocenters. The van der Waals surface area contributed by atoms with Gasteiger partial charge in [-0.1, -0.05) is 0 Å². The summed E-state index contributed by atoms with van der Waals surface area (Å²) >= 11 is 0. The summed E-state index contributed by atoms with van der Waals surface area (Å²) in [7, 11) is 0. The molecule has 0 saturated heterocycles. The van der Waals surface area contributed by atoms with Crippen molar-refractivity contribution in [3.63, 3.8) is 0 Å². The van der Waals surface area contributed by atoms with Crippen LogP contribution in [-0.4, -0.2) is 4.98 Å². The lowest BCUT2D eigenvalue weighted by Crippen LogP contribution is -2.10. The number of aromatic nitrogens is 1. The number of hydrogen-bond donors (Lipinski definition) is 0. The van der Waals surface area contributed by atoms with E-state index < -0.39 is 29.2 Å². The normalized spacial score (nSPS) is 12.3. The van der Waals surface area contributed by atoms with E-state index in [1.807, 2.05) is 0 Å². The maximum atomic E-state index is 12.8. The van der Waals surface area contributed by atoms with Gasteiger partial charge >= 0.3 is 12.4 Å². The average Bonchev–Trinajstić information content (AvgIpc) is 2.37. The van der Waals surface area contributed by atoms with Crippen molar-refractivity contribution in [1.82, 2.24) is 4.98 Å². The Morgan fingerprint density at radius 2 is 1.62 bits per heavy atom. The van der Waals surface area contributed by atoms with Crippen molar-refractivity contribution < 1.29 is 31.1 Å². The van der Waals surface area contributed by atoms with Crippen LogP contribution in [0.3, 0.4) is 0 Å². The summed E-state index contributed by atoms with van der Waals surface area (Å²) in [4.78, 5) is 3.62. The third kappa shape index (κ3) is 3.65. The molecule has 112 valence electrons. The molecule has 1 aromatic carbocycles. The van der Waals surface area contributed by atoms with Gasteiger partial charge in [0.2, 0.25) is 0 Å². The first-order valence-corrected chi connectivity index (χ1v) is 5.54. The van der Waals surface area contributed by atoms with Crippen molar-refractivity contribution in [2.45, 2.75) is 12.4 Å². The Hall–Kier alpha value is -2.25. The van der Waals surface area contributed by atoms with Crippen LogP contribution in [0.1, 0.15) is 11.1 Å². The summed E-state index contributed by atoms with van der Waals surface area (Å²) in [6, 6.07) is 3.69. The lowest BCUT2D eigenvalue weighted by molar-refractivity contribution is -0.142. The van der Waals surface area contributed by atoms with E-state index in [9.17, 15) is 26.3 Å². The molecule has 0 aliphatic rings. The first-order valence-electron chi connectivity index (χ1n) is 5.54. The van der Waals surface area contributed by atoms with Crippen LogP contribution in [0.25, 0.3) is 0 Å². The fraction of sp³-hybridized carbons (Fsp3) is 0.154. The summed E-state index contributed by atoms with van der Waals surface area (Å²) in [5, 5.41) is 0. The highest BCUT2D eigenvalue weighted by Gasteiger charge is 2.38. The van der Waals surface area contributed by atoms with Gasteiger partial charge in [0.1, 0.15) is 11.5 Å². The quantitative estimate of drug-likeness (QED) is 0.735. The molecule has 2 aromatic rings. The van der Waals surface area contributed by atoms with Crippen LogP contribution in [0.5, 0.6) is 11.5 Å². The minimum Gasteiger partial charge on any atom is -0.455 e. The number of benzene rings is 1. The molecule has 21 heavy (non-hydrogen) atoms. The second-order valence-electron chi connectivity index (χ2n) is 4.00. The van der Waals surface area contributed by atoms with Crippen LogP contribution in [0.4, 0.5) is 26.3 Å². The number of hydrogen-bond acceptors (Lipinski definition) is 2. The second-order valence-corrected chi connectivity index (χ2v) is 4.00. The number of ether oxygens (including phenoxy) is 1. The number of rotatable bonds is 2. The molecule has 0 radical (unpaired) electrons. The highest BCUT2D eigenvalue weighted by Crippen LogP contribution is 2.41. The Morgan fingerprint density at radius 1 is 0.905 bits per heavy atom. The van der Waals surface area contributed by atoms with Gasteiger partial charge in [0, 0.05) is 6.20 Å². The molecule has 0 N–H and O–H groups in total. The van der Waals surface area contributed by atoms with Crippen molar-refractivity contribution in [1.29, 1.82) is 0 Å². The minimum absolute atomic E-state index is 0.0951. The lowest BCUT2D eigenvalue weighted by Gasteiger charge is -2.16. The van der Waals surface area contributed by atoms with Gasteiger partial charge in [-0.15, -0.1) is 0 Å². The Labute approximate surface area is 115 Å². The monoisotopic (exact) mass is 307 g/mol. The molecule has 2 rings (SSSR count). The van der Waals surface area contributed by atoms with Gasteiger partial charge in [0.05, 0.1) is 17.3 Å². The van der Waals surface area contributed by atoms with Gasteiger partial charge in [0.25, 0.3) is 0 Å². The number of halogens is 6. The van der Waals surface area contributed by atoms with E-state index in [4.69, 9.17) is 4.74 Å². The van der Waals surface area contributed by atoms with E-state index in [-0.39, 0.29) is 5.75 Å². The zero-order valence-corrected chi connectivity index (χ0v) is 10.2. The van der Waals surface area contributed by atoms with E-state index in [1.165, 1.54) is 18.3 Å². The van der Waals surface area contributed by atoms with E-state index in [0.29, 0.717) is 18.2 Å². The van der Waals surface area contributed by atoms with Crippen molar-refractivity contribution in [2.75, 3.05) is 0 Å². The molecule has 0 saturated carbocycles. The molecule has 0 aliphatic heterocycles. The van der Waals surface area contributed by atoms with Crippen LogP contribution in [0.2, 0.25) is 0 Å². The first kappa shape index (κ1) is 15.1. The molecule has 0 aliphatic carbocycles. The molecular formula is C13H7F6NO. The summed E-state index contributed by atoms with van der Waals surface area (Å²) in [6.45, 7) is 0. The smallest absolute Gasteiger partial charge is 0.419 e. The van der Waals surface area contributed by atoms with E-state index in [0.717, 1.165) is 6.20 Å². The maximum Gasteiger partial charge on any atom is 0.419 e. The lowest BCUT2D eigenvalue weighted by atomic mass is 10.1. The third-order valence-corrected chi connectivity index (χ3v) is 2.48. The molecule has 0 amide bonds. The summed E-state index contributed by atoms with van der Waals surface area (Å²) < 4.78 is 81.1. The minimum atomic E-state index is -4.83. The van der Waals surface area contributed by atoms with Crippen LogP contribution in [0, 0.1) is 0 Å². The predicted molar refractivity (Wildman–Crippen MR) is 60.8 cm³/mol. The van der Waals surface area contributed by atoms with Gasteiger partial charge in [-0.2, -0.15) is 26.3 Å². The van der Waals surface area contributed by atoms with Crippen molar-refractivity contribution in [2.24, 2.45) is 0 Å². The Kier molecular flexibility index (Phi) is 3.80. The first-order chi connectivity index (χ1) is 9.68. The van der Waals surface area contributed by atoms with E-state index >= 15 is 0 Å². The van der Waals surface area contributed by atoms with E-state index in [1.54, 1.807) is 0 Å². The summed E-state index contributed by atoms with van der Waals surface area (Å²) in [5.41, 5.74) is -2.52. The number of pyridine rings is 1. The Morgan fingerprint density at radius 3 is 2.14 bits per heavy atom. The van der Waals surface area contributed by atoms with Crippen molar-refractivity contribution in [3.05, 3.63) is 53.9 Å². The third-order valence-electron chi connectivity index (χ3n) is 2.48. The second kappa shape index (κ2) is 5.27. The molecule has 1 aromatic heterocycles. The summed E-state index contributed by atoms with van der Waals surface area (Å²) in [6.07, 6.45) is -7.15. The highest BCUT2D eigenvalue weighted by atomic mass is 19.4. The van der Waals surface area contributed by atoms with Crippen LogP contribution in [0.15, 0.2) is 42.7 Å². The SMILES string of the molecule is FC(F)(F)c1ccc(C(F)(F)F)c(Oc2cccnc2)c1. The number of nitrogens with zero attached hydrogens (tertiary/aromatic N) is 1. The molecule has 8 heteroatoms. The summed E-state index contributed by atoms with van der Waals surface area (Å²) in [5.74, 6) is -1.02. The van der Waals surface area contributed by atoms with Crippen molar-refractivity contribution in [3.8, 4) is 11.5 Å². The Balaban J connectivity index is 2.49. The van der Waals surface area contributed by atoms with Crippen LogP contribution >= 0.6 is 0 Å². The Bertz CT molecular complexity index is 621. The molecular weight excluding hydrogens is 300 g/mol. The topological polar surface area (TPSA) is 22.1 Å². The number of alkyl halides is 6. The molecule has 2 nitrogen and oxygen atoms in total. The fourth-order valence-corrected chi connectivity index (χ4v) is 1.55. The van der Waals surface area contributed by atoms with Gasteiger partial charge in [-0.05, 0) is 30.3 Å². The molecule has 0 fully saturated rings. The maximum absolute atomic E-state index is 12.8. The largest absolute Gasteiger partial charge is 0.455 e. The van der Waals surface area contributed by atoms with Gasteiger partial charge in [0.15, 0.2) is 0 Å². The standard InChI is InChI=1S/C13H7F6NO/c14-12(15,16)8-3-4-10(13(17,18)19)11(6-8)21-9-2-1-5-20-7-9/h1-7H. The average molecular weight is 307 g/mol. The van der Waals surface area contributed by atoms with Crippen molar-refractivity contribution >= 4 is 0 Å². The zero-order valence-electron chi connectivity index (χ0n) is 10.2. The van der Waals surface area contributed by atoms with E-state index in [2.05, 4.69) is 4.98 Å². The predicted octanol–water partition coefficient (Wildman–Crippen LogP) is 4.91. The van der Waals surface area contributed by atoms with Gasteiger partial charge in [-0.25, -0.2) is 0 Å². The highest BCUT2D eigenvalue weighted by molar-refractivity contribution is 5.42. The van der Waals surface area contributed by atoms with Gasteiger partial charge < -0.3 is 4.74 Å².